The first kappa shape index (κ1) is 23.2. The Morgan fingerprint density at radius 1 is 1.38 bits per heavy atom. The van der Waals surface area contributed by atoms with E-state index >= 15 is 0 Å². The van der Waals surface area contributed by atoms with Crippen molar-refractivity contribution in [3.05, 3.63) is 32.8 Å². The van der Waals surface area contributed by atoms with Gasteiger partial charge >= 0.3 is 17.6 Å². The number of β-lactam (4-membered cyclic amide) rings is 1. The first-order valence-electron chi connectivity index (χ1n) is 9.54. The summed E-state index contributed by atoms with van der Waals surface area (Å²) in [6, 6.07) is -0.896. The molecule has 2 N–H and O–H groups in total. The molecule has 0 spiro atoms. The number of nitrogens with one attached hydrogen (secondary N) is 1. The number of fused-ring (bicyclic) bond motifs is 1. The number of amides is 2. The lowest BCUT2D eigenvalue weighted by Gasteiger charge is -2.49. The van der Waals surface area contributed by atoms with Gasteiger partial charge in [-0.2, -0.15) is 5.10 Å². The fourth-order valence-electron chi connectivity index (χ4n) is 3.61. The molecule has 2 aliphatic heterocycles. The van der Waals surface area contributed by atoms with Crippen LogP contribution in [0.5, 0.6) is 0 Å². The Morgan fingerprint density at radius 2 is 2.06 bits per heavy atom. The highest BCUT2D eigenvalue weighted by atomic mass is 32.2. The molecule has 2 amide bonds. The molecule has 3 rings (SSSR count). The van der Waals surface area contributed by atoms with Crippen LogP contribution in [0.3, 0.4) is 0 Å². The number of nitro groups is 1. The second-order valence-corrected chi connectivity index (χ2v) is 8.35. The van der Waals surface area contributed by atoms with E-state index in [1.165, 1.54) is 37.2 Å². The molecule has 0 saturated carbocycles. The van der Waals surface area contributed by atoms with Crippen LogP contribution in [-0.4, -0.2) is 72.2 Å². The number of carboxylic acids is 1. The number of carboxylic acid groups (broad SMARTS) is 1. The molecule has 1 aromatic heterocycles. The molecule has 0 aliphatic carbocycles. The fourth-order valence-corrected chi connectivity index (χ4v) is 4.93. The van der Waals surface area contributed by atoms with Crippen molar-refractivity contribution in [2.75, 3.05) is 12.4 Å². The Bertz CT molecular complexity index is 1050. The van der Waals surface area contributed by atoms with Crippen molar-refractivity contribution in [2.45, 2.75) is 45.2 Å². The monoisotopic (exact) mass is 467 g/mol. The molecule has 172 valence electrons. The van der Waals surface area contributed by atoms with Crippen molar-refractivity contribution >= 4 is 41.2 Å². The molecule has 0 aromatic carbocycles. The minimum atomic E-state index is -1.32. The summed E-state index contributed by atoms with van der Waals surface area (Å²) in [6.07, 6.45) is -0.0698. The molecule has 32 heavy (non-hydrogen) atoms. The summed E-state index contributed by atoms with van der Waals surface area (Å²) >= 11 is 1.26. The van der Waals surface area contributed by atoms with Gasteiger partial charge in [-0.15, -0.1) is 11.8 Å². The summed E-state index contributed by atoms with van der Waals surface area (Å²) in [5, 5.41) is 26.7. The normalized spacial score (nSPS) is 19.8. The third kappa shape index (κ3) is 4.30. The molecule has 0 radical (unpaired) electrons. The number of carbonyl (C=O) groups excluding carboxylic acids is 3. The SMILES string of the molecule is CC(=O)OCC1=C(C(=O)O)N2C(=O)[C@@H](NC(=O)CCn3nc(C)c([N+](=O)[O-])c3C)[C@@H]2SC1. The Hall–Kier alpha value is -3.42. The number of rotatable bonds is 8. The van der Waals surface area contributed by atoms with E-state index in [1.54, 1.807) is 0 Å². The maximum absolute atomic E-state index is 12.6. The van der Waals surface area contributed by atoms with Gasteiger partial charge < -0.3 is 15.2 Å². The Labute approximate surface area is 185 Å². The van der Waals surface area contributed by atoms with E-state index in [4.69, 9.17) is 4.74 Å². The molecule has 0 bridgehead atoms. The highest BCUT2D eigenvalue weighted by Gasteiger charge is 2.54. The van der Waals surface area contributed by atoms with Crippen molar-refractivity contribution in [2.24, 2.45) is 0 Å². The van der Waals surface area contributed by atoms with E-state index in [-0.39, 0.29) is 42.4 Å². The number of nitrogens with zero attached hydrogens (tertiary/aromatic N) is 4. The first-order chi connectivity index (χ1) is 15.0. The lowest BCUT2D eigenvalue weighted by molar-refractivity contribution is -0.386. The predicted molar refractivity (Wildman–Crippen MR) is 109 cm³/mol. The van der Waals surface area contributed by atoms with E-state index in [2.05, 4.69) is 10.4 Å². The van der Waals surface area contributed by atoms with Gasteiger partial charge in [-0.3, -0.25) is 34.1 Å². The van der Waals surface area contributed by atoms with Crippen LogP contribution in [0, 0.1) is 24.0 Å². The summed E-state index contributed by atoms with van der Waals surface area (Å²) in [4.78, 5) is 59.3. The quantitative estimate of drug-likeness (QED) is 0.231. The topological polar surface area (TPSA) is 174 Å². The average Bonchev–Trinajstić information content (AvgIpc) is 3.00. The van der Waals surface area contributed by atoms with E-state index in [0.29, 0.717) is 11.3 Å². The van der Waals surface area contributed by atoms with Gasteiger partial charge in [0.25, 0.3) is 5.91 Å². The van der Waals surface area contributed by atoms with Gasteiger partial charge in [0.2, 0.25) is 5.91 Å². The van der Waals surface area contributed by atoms with Gasteiger partial charge in [0, 0.05) is 24.7 Å². The van der Waals surface area contributed by atoms with E-state index in [0.717, 1.165) is 4.90 Å². The smallest absolute Gasteiger partial charge is 0.352 e. The number of carbonyl (C=O) groups is 4. The maximum Gasteiger partial charge on any atom is 0.352 e. The first-order valence-corrected chi connectivity index (χ1v) is 10.6. The van der Waals surface area contributed by atoms with Gasteiger partial charge in [0.05, 0.1) is 11.5 Å². The van der Waals surface area contributed by atoms with Crippen LogP contribution in [0.15, 0.2) is 11.3 Å². The zero-order valence-electron chi connectivity index (χ0n) is 17.5. The molecule has 3 heterocycles. The van der Waals surface area contributed by atoms with Gasteiger partial charge in [0.1, 0.15) is 35.1 Å². The summed E-state index contributed by atoms with van der Waals surface area (Å²) < 4.78 is 6.24. The van der Waals surface area contributed by atoms with Gasteiger partial charge in [-0.1, -0.05) is 0 Å². The molecule has 14 heteroatoms. The van der Waals surface area contributed by atoms with Crippen LogP contribution in [0.4, 0.5) is 5.69 Å². The summed E-state index contributed by atoms with van der Waals surface area (Å²) in [6.45, 7) is 4.10. The Balaban J connectivity index is 1.63. The van der Waals surface area contributed by atoms with Crippen molar-refractivity contribution in [1.82, 2.24) is 20.0 Å². The lowest BCUT2D eigenvalue weighted by Crippen LogP contribution is -2.70. The number of hydrogen-bond donors (Lipinski definition) is 2. The van der Waals surface area contributed by atoms with E-state index in [1.807, 2.05) is 0 Å². The van der Waals surface area contributed by atoms with Crippen molar-refractivity contribution in [3.8, 4) is 0 Å². The predicted octanol–water partition coefficient (Wildman–Crippen LogP) is 0.0999. The third-order valence-corrected chi connectivity index (χ3v) is 6.43. The number of hydrogen-bond acceptors (Lipinski definition) is 9. The fraction of sp³-hybridized carbons (Fsp3) is 0.500. The minimum Gasteiger partial charge on any atom is -0.477 e. The number of aromatic nitrogens is 2. The highest BCUT2D eigenvalue weighted by molar-refractivity contribution is 8.00. The van der Waals surface area contributed by atoms with Crippen LogP contribution in [-0.2, 0) is 30.5 Å². The molecule has 2 aliphatic rings. The number of aliphatic carboxylic acids is 1. The Morgan fingerprint density at radius 3 is 2.62 bits per heavy atom. The average molecular weight is 467 g/mol. The van der Waals surface area contributed by atoms with Crippen LogP contribution in [0.1, 0.15) is 24.7 Å². The summed E-state index contributed by atoms with van der Waals surface area (Å²) in [5.74, 6) is -2.70. The summed E-state index contributed by atoms with van der Waals surface area (Å²) in [7, 11) is 0. The molecular weight excluding hydrogens is 446 g/mol. The van der Waals surface area contributed by atoms with E-state index in [9.17, 15) is 34.4 Å². The van der Waals surface area contributed by atoms with Gasteiger partial charge in [-0.25, -0.2) is 4.79 Å². The number of aryl methyl sites for hydroxylation is 2. The number of ether oxygens (including phenoxy) is 1. The van der Waals surface area contributed by atoms with E-state index < -0.39 is 40.1 Å². The highest BCUT2D eigenvalue weighted by Crippen LogP contribution is 2.40. The molecule has 1 aromatic rings. The molecule has 0 unspecified atom stereocenters. The number of esters is 1. The zero-order chi connectivity index (χ0) is 23.7. The van der Waals surface area contributed by atoms with Crippen molar-refractivity contribution < 1.29 is 33.9 Å². The molecule has 2 atom stereocenters. The molecule has 1 fully saturated rings. The zero-order valence-corrected chi connectivity index (χ0v) is 18.3. The standard InChI is InChI=1S/C18H21N5O8S/c1-8-14(23(29)30)9(2)21(20-8)5-4-12(25)19-13-16(26)22-15(18(27)28)11(6-31-10(3)24)7-32-17(13)22/h13,17H,4-7H2,1-3H3,(H,19,25)(H,27,28)/t13-,17+/m1/s1. The third-order valence-electron chi connectivity index (χ3n) is 5.09. The molecule has 1 saturated heterocycles. The number of thioether (sulfide) groups is 1. The second kappa shape index (κ2) is 8.98. The largest absolute Gasteiger partial charge is 0.477 e. The van der Waals surface area contributed by atoms with Crippen LogP contribution >= 0.6 is 11.8 Å². The van der Waals surface area contributed by atoms with Crippen molar-refractivity contribution in [3.63, 3.8) is 0 Å². The maximum atomic E-state index is 12.6. The second-order valence-electron chi connectivity index (χ2n) is 7.24. The van der Waals surface area contributed by atoms with Crippen LogP contribution in [0.2, 0.25) is 0 Å². The molecular formula is C18H21N5O8S. The van der Waals surface area contributed by atoms with Crippen LogP contribution in [0.25, 0.3) is 0 Å². The lowest BCUT2D eigenvalue weighted by atomic mass is 10.0. The van der Waals surface area contributed by atoms with Gasteiger partial charge in [0.15, 0.2) is 0 Å². The molecule has 13 nitrogen and oxygen atoms in total. The Kier molecular flexibility index (Phi) is 6.52. The minimum absolute atomic E-state index is 0.0698. The van der Waals surface area contributed by atoms with Crippen LogP contribution < -0.4 is 5.32 Å². The van der Waals surface area contributed by atoms with Crippen molar-refractivity contribution in [1.29, 1.82) is 0 Å². The summed E-state index contributed by atoms with van der Waals surface area (Å²) in [5.41, 5.74) is 0.532. The van der Waals surface area contributed by atoms with Gasteiger partial charge in [-0.05, 0) is 13.8 Å².